The Kier molecular flexibility index (Phi) is 7.52. The van der Waals surface area contributed by atoms with E-state index in [1.54, 1.807) is 23.5 Å². The van der Waals surface area contributed by atoms with Crippen LogP contribution < -0.4 is 10.6 Å². The summed E-state index contributed by atoms with van der Waals surface area (Å²) >= 11 is 7.47. The standard InChI is InChI=1S/C28H28ClN3O5S/c1-15(2)12-19(31-27(35)17-7-5-16(6-8-17)22-4-3-11-38-22)28(36)32-14-18(24-25(32)20(33)13-30-24)26(34)21-9-10-23(29)37-21/h3-11,15,18-19,24-25,30H,12-14H2,1-2H3,(H,31,35). The first kappa shape index (κ1) is 26.3. The Bertz CT molecular complexity index is 1350. The van der Waals surface area contributed by atoms with Gasteiger partial charge in [0.05, 0.1) is 12.5 Å². The van der Waals surface area contributed by atoms with Crippen LogP contribution in [0, 0.1) is 11.8 Å². The van der Waals surface area contributed by atoms with Crippen LogP contribution in [-0.2, 0) is 9.59 Å². The quantitative estimate of drug-likeness (QED) is 0.407. The number of halogens is 1. The largest absolute Gasteiger partial charge is 0.442 e. The van der Waals surface area contributed by atoms with Crippen LogP contribution >= 0.6 is 22.9 Å². The lowest BCUT2D eigenvalue weighted by molar-refractivity contribution is -0.138. The van der Waals surface area contributed by atoms with E-state index >= 15 is 0 Å². The van der Waals surface area contributed by atoms with Gasteiger partial charge in [-0.05, 0) is 65.2 Å². The molecule has 0 spiro atoms. The first-order valence-corrected chi connectivity index (χ1v) is 13.8. The molecule has 5 rings (SSSR count). The van der Waals surface area contributed by atoms with Gasteiger partial charge in [0, 0.05) is 23.0 Å². The van der Waals surface area contributed by atoms with Gasteiger partial charge in [-0.25, -0.2) is 0 Å². The summed E-state index contributed by atoms with van der Waals surface area (Å²) in [7, 11) is 0. The van der Waals surface area contributed by atoms with Crippen molar-refractivity contribution in [3.8, 4) is 10.4 Å². The van der Waals surface area contributed by atoms with Crippen LogP contribution in [0.5, 0.6) is 0 Å². The normalized spacial score (nSPS) is 21.5. The number of nitrogens with zero attached hydrogens (tertiary/aromatic N) is 1. The van der Waals surface area contributed by atoms with Crippen molar-refractivity contribution in [2.24, 2.45) is 11.8 Å². The summed E-state index contributed by atoms with van der Waals surface area (Å²) in [5.41, 5.74) is 1.45. The van der Waals surface area contributed by atoms with Gasteiger partial charge in [0.25, 0.3) is 5.91 Å². The predicted octanol–water partition coefficient (Wildman–Crippen LogP) is 4.06. The second kappa shape index (κ2) is 10.8. The minimum Gasteiger partial charge on any atom is -0.442 e. The zero-order valence-corrected chi connectivity index (χ0v) is 22.6. The number of hydrogen-bond donors (Lipinski definition) is 2. The lowest BCUT2D eigenvalue weighted by Gasteiger charge is -2.28. The van der Waals surface area contributed by atoms with Gasteiger partial charge in [0.1, 0.15) is 12.1 Å². The Morgan fingerprint density at radius 3 is 2.55 bits per heavy atom. The summed E-state index contributed by atoms with van der Waals surface area (Å²) in [6.45, 7) is 4.04. The molecule has 2 aliphatic rings. The fraction of sp³-hybridized carbons (Fsp3) is 0.357. The summed E-state index contributed by atoms with van der Waals surface area (Å²) in [5.74, 6) is -1.70. The molecule has 0 aliphatic carbocycles. The number of ketones is 2. The number of likely N-dealkylation sites (tertiary alicyclic amines) is 1. The number of hydrogen-bond acceptors (Lipinski definition) is 7. The number of rotatable bonds is 8. The molecule has 2 aromatic heterocycles. The lowest BCUT2D eigenvalue weighted by atomic mass is 9.94. The summed E-state index contributed by atoms with van der Waals surface area (Å²) in [6.07, 6.45) is 0.389. The molecular weight excluding hydrogens is 526 g/mol. The molecule has 38 heavy (non-hydrogen) atoms. The monoisotopic (exact) mass is 553 g/mol. The number of fused-ring (bicyclic) bond motifs is 1. The molecule has 4 atom stereocenters. The molecule has 0 bridgehead atoms. The van der Waals surface area contributed by atoms with Crippen LogP contribution in [0.3, 0.4) is 0 Å². The summed E-state index contributed by atoms with van der Waals surface area (Å²) in [6, 6.07) is 12.0. The van der Waals surface area contributed by atoms with Crippen molar-refractivity contribution in [3.63, 3.8) is 0 Å². The maximum absolute atomic E-state index is 13.8. The number of carbonyl (C=O) groups excluding carboxylic acids is 4. The van der Waals surface area contributed by atoms with E-state index in [0.29, 0.717) is 12.0 Å². The molecule has 2 amide bonds. The molecule has 10 heteroatoms. The molecule has 0 saturated carbocycles. The van der Waals surface area contributed by atoms with E-state index in [9.17, 15) is 19.2 Å². The summed E-state index contributed by atoms with van der Waals surface area (Å²) in [4.78, 5) is 55.5. The van der Waals surface area contributed by atoms with Crippen LogP contribution in [0.25, 0.3) is 10.4 Å². The highest BCUT2D eigenvalue weighted by atomic mass is 35.5. The number of carbonyl (C=O) groups is 4. The van der Waals surface area contributed by atoms with Gasteiger partial charge in [0.15, 0.2) is 16.8 Å². The molecule has 4 heterocycles. The van der Waals surface area contributed by atoms with E-state index in [1.165, 1.54) is 17.0 Å². The number of furan rings is 1. The van der Waals surface area contributed by atoms with Gasteiger partial charge in [-0.3, -0.25) is 19.2 Å². The average molecular weight is 554 g/mol. The van der Waals surface area contributed by atoms with Gasteiger partial charge in [-0.1, -0.05) is 32.0 Å². The minimum atomic E-state index is -0.847. The highest BCUT2D eigenvalue weighted by Crippen LogP contribution is 2.32. The third-order valence-corrected chi connectivity index (χ3v) is 8.17. The predicted molar refractivity (Wildman–Crippen MR) is 144 cm³/mol. The molecule has 2 aliphatic heterocycles. The maximum Gasteiger partial charge on any atom is 0.251 e. The molecular formula is C28H28ClN3O5S. The van der Waals surface area contributed by atoms with E-state index in [-0.39, 0.29) is 53.4 Å². The van der Waals surface area contributed by atoms with Crippen molar-refractivity contribution in [1.29, 1.82) is 0 Å². The molecule has 1 aromatic carbocycles. The fourth-order valence-corrected chi connectivity index (χ4v) is 6.15. The van der Waals surface area contributed by atoms with Crippen LogP contribution in [0.15, 0.2) is 58.3 Å². The molecule has 8 nitrogen and oxygen atoms in total. The highest BCUT2D eigenvalue weighted by Gasteiger charge is 2.54. The molecule has 2 fully saturated rings. The van der Waals surface area contributed by atoms with Crippen molar-refractivity contribution in [3.05, 3.63) is 70.5 Å². The summed E-state index contributed by atoms with van der Waals surface area (Å²) in [5, 5.41) is 8.07. The van der Waals surface area contributed by atoms with E-state index in [1.807, 2.05) is 43.5 Å². The number of benzene rings is 1. The number of Topliss-reactive ketones (excluding diaryl/α,β-unsaturated/α-hetero) is 2. The second-order valence-corrected chi connectivity index (χ2v) is 11.4. The van der Waals surface area contributed by atoms with Gasteiger partial charge >= 0.3 is 0 Å². The van der Waals surface area contributed by atoms with E-state index in [4.69, 9.17) is 16.0 Å². The molecule has 3 aromatic rings. The zero-order valence-electron chi connectivity index (χ0n) is 21.0. The SMILES string of the molecule is CC(C)CC(NC(=O)c1ccc(-c2cccs2)cc1)C(=O)N1CC(C(=O)c2ccc(Cl)o2)C2NCC(=O)C21. The highest BCUT2D eigenvalue weighted by molar-refractivity contribution is 7.13. The van der Waals surface area contributed by atoms with Crippen LogP contribution in [0.1, 0.15) is 41.2 Å². The van der Waals surface area contributed by atoms with Crippen LogP contribution in [0.4, 0.5) is 0 Å². The van der Waals surface area contributed by atoms with Crippen molar-refractivity contribution < 1.29 is 23.6 Å². The van der Waals surface area contributed by atoms with Crippen LogP contribution in [-0.4, -0.2) is 59.5 Å². The summed E-state index contributed by atoms with van der Waals surface area (Å²) < 4.78 is 5.31. The van der Waals surface area contributed by atoms with Crippen molar-refractivity contribution in [2.75, 3.05) is 13.1 Å². The van der Waals surface area contributed by atoms with Gasteiger partial charge < -0.3 is 20.0 Å². The van der Waals surface area contributed by atoms with E-state index in [2.05, 4.69) is 10.6 Å². The lowest BCUT2D eigenvalue weighted by Crippen LogP contribution is -2.52. The zero-order chi connectivity index (χ0) is 27.0. The second-order valence-electron chi connectivity index (χ2n) is 10.1. The van der Waals surface area contributed by atoms with Crippen molar-refractivity contribution in [2.45, 2.75) is 38.4 Å². The number of nitrogens with one attached hydrogen (secondary N) is 2. The van der Waals surface area contributed by atoms with Crippen molar-refractivity contribution >= 4 is 46.3 Å². The van der Waals surface area contributed by atoms with Crippen molar-refractivity contribution in [1.82, 2.24) is 15.5 Å². The number of amides is 2. The molecule has 2 N–H and O–H groups in total. The topological polar surface area (TPSA) is 109 Å². The first-order chi connectivity index (χ1) is 18.2. The van der Waals surface area contributed by atoms with Gasteiger partial charge in [-0.15, -0.1) is 11.3 Å². The molecule has 4 unspecified atom stereocenters. The average Bonchev–Trinajstić information content (AvgIpc) is 3.69. The number of thiophene rings is 1. The Morgan fingerprint density at radius 2 is 1.92 bits per heavy atom. The van der Waals surface area contributed by atoms with E-state index in [0.717, 1.165) is 10.4 Å². The third-order valence-electron chi connectivity index (χ3n) is 7.04. The Hall–Kier alpha value is -3.27. The van der Waals surface area contributed by atoms with Gasteiger partial charge in [-0.2, -0.15) is 0 Å². The third kappa shape index (κ3) is 5.18. The van der Waals surface area contributed by atoms with Gasteiger partial charge in [0.2, 0.25) is 11.7 Å². The smallest absolute Gasteiger partial charge is 0.251 e. The Balaban J connectivity index is 1.35. The first-order valence-electron chi connectivity index (χ1n) is 12.5. The van der Waals surface area contributed by atoms with Crippen LogP contribution in [0.2, 0.25) is 5.22 Å². The molecule has 2 saturated heterocycles. The maximum atomic E-state index is 13.8. The minimum absolute atomic E-state index is 0.0457. The van der Waals surface area contributed by atoms with E-state index < -0.39 is 24.0 Å². The fourth-order valence-electron chi connectivity index (χ4n) is 5.27. The molecule has 0 radical (unpaired) electrons. The Labute approximate surface area is 229 Å². The Morgan fingerprint density at radius 1 is 1.16 bits per heavy atom. The molecule has 198 valence electrons.